The molecule has 0 spiro atoms. The molecule has 0 N–H and O–H groups in total. The predicted octanol–water partition coefficient (Wildman–Crippen LogP) is 9.51. The first-order chi connectivity index (χ1) is 22.0. The summed E-state index contributed by atoms with van der Waals surface area (Å²) in [6, 6.07) is 44.6. The molecule has 1 aliphatic rings. The number of hydrogen-bond acceptors (Lipinski definition) is 2. The molecule has 45 heavy (non-hydrogen) atoms. The Labute approximate surface area is 258 Å². The summed E-state index contributed by atoms with van der Waals surface area (Å²) < 4.78 is 4.24. The molecule has 0 atom stereocenters. The van der Waals surface area contributed by atoms with Crippen LogP contribution in [-0.4, -0.2) is 14.0 Å². The van der Waals surface area contributed by atoms with Crippen molar-refractivity contribution in [3.05, 3.63) is 149 Å². The lowest BCUT2D eigenvalue weighted by atomic mass is 9.82. The smallest absolute Gasteiger partial charge is 0.264 e. The van der Waals surface area contributed by atoms with E-state index in [1.807, 2.05) is 52.9 Å². The van der Waals surface area contributed by atoms with Crippen LogP contribution < -0.4 is 5.56 Å². The van der Waals surface area contributed by atoms with E-state index in [9.17, 15) is 4.79 Å². The molecular formula is C41H27N3O. The minimum Gasteiger partial charge on any atom is -0.309 e. The molecule has 0 radical (unpaired) electrons. The van der Waals surface area contributed by atoms with Crippen molar-refractivity contribution in [2.45, 2.75) is 19.3 Å². The highest BCUT2D eigenvalue weighted by molar-refractivity contribution is 6.18. The van der Waals surface area contributed by atoms with E-state index in [2.05, 4.69) is 97.3 Å². The van der Waals surface area contributed by atoms with E-state index in [0.717, 1.165) is 44.1 Å². The first-order valence-corrected chi connectivity index (χ1v) is 15.5. The maximum atomic E-state index is 14.2. The molecule has 0 unspecified atom stereocenters. The van der Waals surface area contributed by atoms with Crippen molar-refractivity contribution in [2.24, 2.45) is 0 Å². The third-order valence-electron chi connectivity index (χ3n) is 10.1. The SMILES string of the molecule is CC1(C)c2ccccc2-c2cc3c4ccccc4n(-c4ccc5nc(-c6ccccc6)n6c(=O)c7ccccc7c4c56)c3cc21. The lowest BCUT2D eigenvalue weighted by Gasteiger charge is -2.22. The summed E-state index contributed by atoms with van der Waals surface area (Å²) in [5, 5.41) is 5.09. The maximum absolute atomic E-state index is 14.2. The molecule has 0 amide bonds. The van der Waals surface area contributed by atoms with Crippen LogP contribution in [0.3, 0.4) is 0 Å². The van der Waals surface area contributed by atoms with E-state index in [4.69, 9.17) is 4.98 Å². The zero-order chi connectivity index (χ0) is 30.0. The largest absolute Gasteiger partial charge is 0.309 e. The number of hydrogen-bond donors (Lipinski definition) is 0. The van der Waals surface area contributed by atoms with Crippen LogP contribution >= 0.6 is 0 Å². The highest BCUT2D eigenvalue weighted by atomic mass is 16.1. The van der Waals surface area contributed by atoms with Crippen molar-refractivity contribution >= 4 is 49.0 Å². The normalized spacial score (nSPS) is 13.8. The van der Waals surface area contributed by atoms with Crippen LogP contribution in [0.5, 0.6) is 0 Å². The van der Waals surface area contributed by atoms with Crippen LogP contribution in [0, 0.1) is 0 Å². The van der Waals surface area contributed by atoms with E-state index in [0.29, 0.717) is 11.2 Å². The van der Waals surface area contributed by atoms with Gasteiger partial charge in [-0.2, -0.15) is 0 Å². The van der Waals surface area contributed by atoms with E-state index in [-0.39, 0.29) is 11.0 Å². The predicted molar refractivity (Wildman–Crippen MR) is 185 cm³/mol. The van der Waals surface area contributed by atoms with Gasteiger partial charge in [0, 0.05) is 32.5 Å². The fraction of sp³-hybridized carbons (Fsp3) is 0.0732. The average Bonchev–Trinajstić information content (AvgIpc) is 3.70. The first-order valence-electron chi connectivity index (χ1n) is 15.5. The second-order valence-corrected chi connectivity index (χ2v) is 12.8. The van der Waals surface area contributed by atoms with E-state index in [1.54, 1.807) is 0 Å². The Morgan fingerprint density at radius 3 is 2.16 bits per heavy atom. The van der Waals surface area contributed by atoms with Gasteiger partial charge in [-0.05, 0) is 64.0 Å². The number of fused-ring (bicyclic) bond motifs is 8. The minimum absolute atomic E-state index is 0.0452. The number of pyridine rings is 1. The van der Waals surface area contributed by atoms with E-state index < -0.39 is 0 Å². The van der Waals surface area contributed by atoms with Crippen LogP contribution in [-0.2, 0) is 5.41 Å². The lowest BCUT2D eigenvalue weighted by molar-refractivity contribution is 0.661. The zero-order valence-corrected chi connectivity index (χ0v) is 24.9. The molecule has 0 saturated heterocycles. The van der Waals surface area contributed by atoms with Crippen molar-refractivity contribution in [2.75, 3.05) is 0 Å². The molecule has 0 aliphatic heterocycles. The maximum Gasteiger partial charge on any atom is 0.264 e. The average molecular weight is 578 g/mol. The fourth-order valence-electron chi connectivity index (χ4n) is 8.02. The van der Waals surface area contributed by atoms with Crippen LogP contribution in [0.1, 0.15) is 25.0 Å². The molecule has 6 aromatic carbocycles. The Morgan fingerprint density at radius 2 is 1.31 bits per heavy atom. The summed E-state index contributed by atoms with van der Waals surface area (Å²) >= 11 is 0. The number of nitrogens with zero attached hydrogens (tertiary/aromatic N) is 3. The number of benzene rings is 6. The fourth-order valence-corrected chi connectivity index (χ4v) is 8.02. The minimum atomic E-state index is -0.123. The molecular weight excluding hydrogens is 550 g/mol. The van der Waals surface area contributed by atoms with Gasteiger partial charge in [-0.3, -0.25) is 9.20 Å². The van der Waals surface area contributed by atoms with Crippen molar-refractivity contribution in [1.29, 1.82) is 0 Å². The van der Waals surface area contributed by atoms with E-state index in [1.165, 1.54) is 33.0 Å². The van der Waals surface area contributed by atoms with Crippen molar-refractivity contribution in [1.82, 2.24) is 14.0 Å². The van der Waals surface area contributed by atoms with Gasteiger partial charge in [-0.1, -0.05) is 105 Å². The first kappa shape index (κ1) is 24.7. The second kappa shape index (κ2) is 8.46. The van der Waals surface area contributed by atoms with Gasteiger partial charge in [0.1, 0.15) is 5.82 Å². The van der Waals surface area contributed by atoms with Gasteiger partial charge < -0.3 is 4.57 Å². The summed E-state index contributed by atoms with van der Waals surface area (Å²) in [5.74, 6) is 0.669. The monoisotopic (exact) mass is 577 g/mol. The van der Waals surface area contributed by atoms with E-state index >= 15 is 0 Å². The summed E-state index contributed by atoms with van der Waals surface area (Å²) in [7, 11) is 0. The summed E-state index contributed by atoms with van der Waals surface area (Å²) in [6.07, 6.45) is 0. The van der Waals surface area contributed by atoms with Crippen molar-refractivity contribution in [3.8, 4) is 28.2 Å². The van der Waals surface area contributed by atoms with Crippen LogP contribution in [0.15, 0.2) is 132 Å². The Hall–Kier alpha value is -5.74. The molecule has 9 aromatic rings. The number of imidazole rings is 1. The van der Waals surface area contributed by atoms with Crippen LogP contribution in [0.4, 0.5) is 0 Å². The molecule has 4 heteroatoms. The molecule has 0 saturated carbocycles. The summed E-state index contributed by atoms with van der Waals surface area (Å²) in [5.41, 5.74) is 11.1. The molecule has 0 bridgehead atoms. The Bertz CT molecular complexity index is 2750. The molecule has 0 fully saturated rings. The van der Waals surface area contributed by atoms with Gasteiger partial charge in [-0.25, -0.2) is 4.98 Å². The van der Waals surface area contributed by atoms with Crippen LogP contribution in [0.25, 0.3) is 77.2 Å². The summed E-state index contributed by atoms with van der Waals surface area (Å²) in [4.78, 5) is 19.3. The zero-order valence-electron chi connectivity index (χ0n) is 24.9. The Kier molecular flexibility index (Phi) is 4.64. The second-order valence-electron chi connectivity index (χ2n) is 12.8. The number of para-hydroxylation sites is 1. The van der Waals surface area contributed by atoms with Gasteiger partial charge in [0.15, 0.2) is 0 Å². The molecule has 3 heterocycles. The molecule has 212 valence electrons. The Morgan fingerprint density at radius 1 is 0.600 bits per heavy atom. The number of aromatic nitrogens is 3. The highest BCUT2D eigenvalue weighted by Gasteiger charge is 2.36. The molecule has 4 nitrogen and oxygen atoms in total. The lowest BCUT2D eigenvalue weighted by Crippen LogP contribution is -2.15. The highest BCUT2D eigenvalue weighted by Crippen LogP contribution is 2.51. The summed E-state index contributed by atoms with van der Waals surface area (Å²) in [6.45, 7) is 4.66. The third-order valence-corrected chi connectivity index (χ3v) is 10.1. The quantitative estimate of drug-likeness (QED) is 0.192. The standard InChI is InChI=1S/C41H27N3O/c1-41(2)31-18-10-8-14-25(31)29-22-30-26-15-9-11-19-34(26)43(36(30)23-32(29)41)35-21-20-33-38-37(35)27-16-6-7-17-28(27)40(45)44(38)39(42-33)24-12-4-3-5-13-24/h3-23H,1-2H3. The molecule has 3 aromatic heterocycles. The van der Waals surface area contributed by atoms with Gasteiger partial charge in [0.05, 0.1) is 27.8 Å². The topological polar surface area (TPSA) is 39.3 Å². The van der Waals surface area contributed by atoms with Gasteiger partial charge in [-0.15, -0.1) is 0 Å². The molecule has 10 rings (SSSR count). The molecule has 1 aliphatic carbocycles. The van der Waals surface area contributed by atoms with Gasteiger partial charge >= 0.3 is 0 Å². The number of rotatable bonds is 2. The van der Waals surface area contributed by atoms with Crippen molar-refractivity contribution in [3.63, 3.8) is 0 Å². The van der Waals surface area contributed by atoms with Gasteiger partial charge in [0.25, 0.3) is 5.56 Å². The van der Waals surface area contributed by atoms with Gasteiger partial charge in [0.2, 0.25) is 0 Å². The van der Waals surface area contributed by atoms with Crippen molar-refractivity contribution < 1.29 is 0 Å². The Balaban J connectivity index is 1.39. The third kappa shape index (κ3) is 3.06. The van der Waals surface area contributed by atoms with Crippen LogP contribution in [0.2, 0.25) is 0 Å².